The molecule has 2 amide bonds. The van der Waals surface area contributed by atoms with E-state index >= 15 is 0 Å². The zero-order valence-electron chi connectivity index (χ0n) is 13.8. The highest BCUT2D eigenvalue weighted by Gasteiger charge is 2.18. The van der Waals surface area contributed by atoms with E-state index in [0.717, 1.165) is 11.3 Å². The van der Waals surface area contributed by atoms with Crippen LogP contribution in [0.3, 0.4) is 0 Å². The molecule has 0 aromatic heterocycles. The molecule has 2 aromatic rings. The molecule has 0 spiro atoms. The molecule has 0 fully saturated rings. The van der Waals surface area contributed by atoms with Gasteiger partial charge in [-0.15, -0.1) is 0 Å². The van der Waals surface area contributed by atoms with Crippen molar-refractivity contribution in [2.24, 2.45) is 0 Å². The van der Waals surface area contributed by atoms with Crippen LogP contribution in [0.1, 0.15) is 24.1 Å². The first-order valence-electron chi connectivity index (χ1n) is 7.46. The molecule has 3 N–H and O–H groups in total. The molecule has 6 nitrogen and oxygen atoms in total. The van der Waals surface area contributed by atoms with Gasteiger partial charge in [0.2, 0.25) is 0 Å². The van der Waals surface area contributed by atoms with Gasteiger partial charge in [-0.3, -0.25) is 9.59 Å². The van der Waals surface area contributed by atoms with Crippen LogP contribution in [0, 0.1) is 6.92 Å². The number of aryl methyl sites for hydroxylation is 1. The molecule has 2 rings (SSSR count). The lowest BCUT2D eigenvalue weighted by Crippen LogP contribution is -2.37. The number of ether oxygens (including phenoxy) is 1. The Morgan fingerprint density at radius 2 is 1.75 bits per heavy atom. The first-order chi connectivity index (χ1) is 11.4. The number of nitrogens with one attached hydrogen (secondary N) is 2. The molecular weight excluding hydrogens is 308 g/mol. The molecule has 1 atom stereocenters. The average molecular weight is 328 g/mol. The van der Waals surface area contributed by atoms with Crippen molar-refractivity contribution in [3.8, 4) is 11.5 Å². The van der Waals surface area contributed by atoms with E-state index in [1.807, 2.05) is 12.1 Å². The summed E-state index contributed by atoms with van der Waals surface area (Å²) in [5.41, 5.74) is 2.00. The van der Waals surface area contributed by atoms with E-state index in [4.69, 9.17) is 4.74 Å². The number of aromatic hydroxyl groups is 1. The highest BCUT2D eigenvalue weighted by Crippen LogP contribution is 2.20. The van der Waals surface area contributed by atoms with Crippen molar-refractivity contribution in [2.75, 3.05) is 12.4 Å². The maximum absolute atomic E-state index is 12.0. The topological polar surface area (TPSA) is 87.7 Å². The normalized spacial score (nSPS) is 11.5. The van der Waals surface area contributed by atoms with E-state index in [9.17, 15) is 14.7 Å². The number of phenols is 1. The third kappa shape index (κ3) is 4.25. The largest absolute Gasteiger partial charge is 0.508 e. The van der Waals surface area contributed by atoms with Crippen LogP contribution in [-0.2, 0) is 9.59 Å². The second-order valence-corrected chi connectivity index (χ2v) is 5.42. The summed E-state index contributed by atoms with van der Waals surface area (Å²) in [5, 5.41) is 14.5. The minimum Gasteiger partial charge on any atom is -0.508 e. The molecule has 0 saturated carbocycles. The molecule has 1 unspecified atom stereocenters. The Kier molecular flexibility index (Phi) is 5.42. The summed E-state index contributed by atoms with van der Waals surface area (Å²) in [7, 11) is 1.58. The Labute approximate surface area is 140 Å². The van der Waals surface area contributed by atoms with Crippen molar-refractivity contribution < 1.29 is 19.4 Å². The summed E-state index contributed by atoms with van der Waals surface area (Å²) < 4.78 is 5.08. The van der Waals surface area contributed by atoms with Gasteiger partial charge in [0.05, 0.1) is 13.2 Å². The van der Waals surface area contributed by atoms with Gasteiger partial charge in [0.1, 0.15) is 11.5 Å². The molecule has 0 aliphatic carbocycles. The molecule has 2 aromatic carbocycles. The van der Waals surface area contributed by atoms with Gasteiger partial charge in [0, 0.05) is 5.69 Å². The van der Waals surface area contributed by atoms with Crippen molar-refractivity contribution in [1.29, 1.82) is 0 Å². The molecule has 0 bridgehead atoms. The van der Waals surface area contributed by atoms with Gasteiger partial charge < -0.3 is 20.5 Å². The van der Waals surface area contributed by atoms with Gasteiger partial charge in [-0.2, -0.15) is 0 Å². The molecule has 0 aliphatic rings. The molecule has 0 aliphatic heterocycles. The van der Waals surface area contributed by atoms with E-state index in [2.05, 4.69) is 10.6 Å². The predicted molar refractivity (Wildman–Crippen MR) is 91.0 cm³/mol. The van der Waals surface area contributed by atoms with Crippen molar-refractivity contribution >= 4 is 17.5 Å². The van der Waals surface area contributed by atoms with Gasteiger partial charge in [-0.05, 0) is 55.3 Å². The number of carbonyl (C=O) groups excluding carboxylic acids is 2. The van der Waals surface area contributed by atoms with Crippen LogP contribution in [0.2, 0.25) is 0 Å². The van der Waals surface area contributed by atoms with E-state index in [0.29, 0.717) is 11.3 Å². The van der Waals surface area contributed by atoms with E-state index in [1.165, 1.54) is 12.1 Å². The van der Waals surface area contributed by atoms with Crippen LogP contribution in [0.4, 0.5) is 5.69 Å². The predicted octanol–water partition coefficient (Wildman–Crippen LogP) is 2.53. The van der Waals surface area contributed by atoms with Gasteiger partial charge >= 0.3 is 11.8 Å². The van der Waals surface area contributed by atoms with Crippen molar-refractivity contribution in [2.45, 2.75) is 19.9 Å². The Hall–Kier alpha value is -3.02. The van der Waals surface area contributed by atoms with Crippen molar-refractivity contribution in [3.63, 3.8) is 0 Å². The van der Waals surface area contributed by atoms with E-state index < -0.39 is 11.8 Å². The molecular formula is C18H20N2O4. The van der Waals surface area contributed by atoms with Crippen molar-refractivity contribution in [3.05, 3.63) is 53.6 Å². The second kappa shape index (κ2) is 7.50. The lowest BCUT2D eigenvalue weighted by Gasteiger charge is -2.15. The van der Waals surface area contributed by atoms with Crippen LogP contribution < -0.4 is 15.4 Å². The Morgan fingerprint density at radius 1 is 1.08 bits per heavy atom. The third-order valence-corrected chi connectivity index (χ3v) is 3.63. The number of rotatable bonds is 4. The lowest BCUT2D eigenvalue weighted by molar-refractivity contribution is -0.136. The van der Waals surface area contributed by atoms with Crippen LogP contribution >= 0.6 is 0 Å². The zero-order valence-corrected chi connectivity index (χ0v) is 13.8. The Bertz CT molecular complexity index is 741. The van der Waals surface area contributed by atoms with E-state index in [1.54, 1.807) is 39.2 Å². The zero-order chi connectivity index (χ0) is 17.7. The van der Waals surface area contributed by atoms with Gasteiger partial charge in [0.15, 0.2) is 0 Å². The fourth-order valence-corrected chi connectivity index (χ4v) is 2.21. The summed E-state index contributed by atoms with van der Waals surface area (Å²) in [5.74, 6) is -0.671. The van der Waals surface area contributed by atoms with Crippen LogP contribution in [0.5, 0.6) is 11.5 Å². The second-order valence-electron chi connectivity index (χ2n) is 5.42. The third-order valence-electron chi connectivity index (χ3n) is 3.63. The monoisotopic (exact) mass is 328 g/mol. The van der Waals surface area contributed by atoms with Crippen molar-refractivity contribution in [1.82, 2.24) is 5.32 Å². The van der Waals surface area contributed by atoms with E-state index in [-0.39, 0.29) is 11.8 Å². The standard InChI is InChI=1S/C18H20N2O4/c1-11-10-14(21)6-9-16(11)20-18(23)17(22)19-12(2)13-4-7-15(24-3)8-5-13/h4-10,12,21H,1-3H3,(H,19,22)(H,20,23). The average Bonchev–Trinajstić information content (AvgIpc) is 2.57. The van der Waals surface area contributed by atoms with Crippen LogP contribution in [-0.4, -0.2) is 24.0 Å². The summed E-state index contributed by atoms with van der Waals surface area (Å²) in [6.07, 6.45) is 0. The molecule has 0 radical (unpaired) electrons. The first kappa shape index (κ1) is 17.3. The maximum atomic E-state index is 12.0. The molecule has 0 saturated heterocycles. The lowest BCUT2D eigenvalue weighted by atomic mass is 10.1. The molecule has 24 heavy (non-hydrogen) atoms. The summed E-state index contributed by atoms with van der Waals surface area (Å²) in [6, 6.07) is 11.4. The SMILES string of the molecule is COc1ccc(C(C)NC(=O)C(=O)Nc2ccc(O)cc2C)cc1. The minimum absolute atomic E-state index is 0.100. The Morgan fingerprint density at radius 3 is 2.33 bits per heavy atom. The van der Waals surface area contributed by atoms with Gasteiger partial charge in [-0.1, -0.05) is 12.1 Å². The number of amides is 2. The molecule has 126 valence electrons. The van der Waals surface area contributed by atoms with Crippen LogP contribution in [0.25, 0.3) is 0 Å². The number of hydrogen-bond acceptors (Lipinski definition) is 4. The quantitative estimate of drug-likeness (QED) is 0.594. The summed E-state index contributed by atoms with van der Waals surface area (Å²) >= 11 is 0. The number of benzene rings is 2. The fraction of sp³-hybridized carbons (Fsp3) is 0.222. The maximum Gasteiger partial charge on any atom is 0.313 e. The number of carbonyl (C=O) groups is 2. The highest BCUT2D eigenvalue weighted by molar-refractivity contribution is 6.39. The van der Waals surface area contributed by atoms with Crippen LogP contribution in [0.15, 0.2) is 42.5 Å². The first-order valence-corrected chi connectivity index (χ1v) is 7.46. The van der Waals surface area contributed by atoms with Gasteiger partial charge in [-0.25, -0.2) is 0 Å². The number of hydrogen-bond donors (Lipinski definition) is 3. The number of anilines is 1. The molecule has 6 heteroatoms. The summed E-state index contributed by atoms with van der Waals surface area (Å²) in [6.45, 7) is 3.52. The number of phenolic OH excluding ortho intramolecular Hbond substituents is 1. The fourth-order valence-electron chi connectivity index (χ4n) is 2.21. The highest BCUT2D eigenvalue weighted by atomic mass is 16.5. The number of methoxy groups -OCH3 is 1. The Balaban J connectivity index is 1.98. The minimum atomic E-state index is -0.760. The van der Waals surface area contributed by atoms with Gasteiger partial charge in [0.25, 0.3) is 0 Å². The molecule has 0 heterocycles. The smallest absolute Gasteiger partial charge is 0.313 e. The summed E-state index contributed by atoms with van der Waals surface area (Å²) in [4.78, 5) is 24.0.